The minimum absolute atomic E-state index is 0.0431. The minimum atomic E-state index is -0.720. The van der Waals surface area contributed by atoms with E-state index in [0.717, 1.165) is 12.8 Å². The van der Waals surface area contributed by atoms with Gasteiger partial charge in [-0.05, 0) is 60.4 Å². The highest BCUT2D eigenvalue weighted by Gasteiger charge is 2.39. The molecule has 6 rings (SSSR count). The predicted octanol–water partition coefficient (Wildman–Crippen LogP) is 2.24. The summed E-state index contributed by atoms with van der Waals surface area (Å²) in [5, 5.41) is 16.0. The summed E-state index contributed by atoms with van der Waals surface area (Å²) in [6, 6.07) is 2.71. The average molecular weight is 504 g/mol. The van der Waals surface area contributed by atoms with Gasteiger partial charge in [-0.3, -0.25) is 9.59 Å². The number of benzene rings is 1. The molecule has 1 aromatic heterocycles. The van der Waals surface area contributed by atoms with Crippen LogP contribution in [0.1, 0.15) is 54.5 Å². The highest BCUT2D eigenvalue weighted by Crippen LogP contribution is 2.42. The van der Waals surface area contributed by atoms with Crippen LogP contribution in [0.25, 0.3) is 0 Å². The largest absolute Gasteiger partial charge is 0.344 e. The van der Waals surface area contributed by atoms with Crippen molar-refractivity contribution in [1.29, 1.82) is 0 Å². The predicted molar refractivity (Wildman–Crippen MR) is 131 cm³/mol. The second-order valence-electron chi connectivity index (χ2n) is 9.83. The lowest BCUT2D eigenvalue weighted by Crippen LogP contribution is -2.49. The number of fused-ring (bicyclic) bond motifs is 1. The van der Waals surface area contributed by atoms with Crippen LogP contribution in [0.2, 0.25) is 0 Å². The number of carbonyl (C=O) groups excluding carboxylic acids is 3. The van der Waals surface area contributed by atoms with Gasteiger partial charge in [-0.25, -0.2) is 9.18 Å². The molecule has 1 saturated heterocycles. The molecule has 0 spiro atoms. The molecule has 2 unspecified atom stereocenters. The maximum atomic E-state index is 15.1. The Balaban J connectivity index is 1.28. The molecule has 3 atom stereocenters. The van der Waals surface area contributed by atoms with Crippen LogP contribution in [0, 0.1) is 5.82 Å². The third kappa shape index (κ3) is 4.56. The zero-order valence-corrected chi connectivity index (χ0v) is 20.0. The van der Waals surface area contributed by atoms with Crippen molar-refractivity contribution in [2.75, 3.05) is 6.54 Å². The molecule has 2 aliphatic heterocycles. The lowest BCUT2D eigenvalue weighted by atomic mass is 9.87. The number of carbonyl (C=O) groups is 3. The molecule has 3 heterocycles. The van der Waals surface area contributed by atoms with Crippen LogP contribution >= 0.6 is 0 Å². The zero-order chi connectivity index (χ0) is 25.5. The molecule has 37 heavy (non-hydrogen) atoms. The first-order chi connectivity index (χ1) is 18.0. The van der Waals surface area contributed by atoms with Crippen molar-refractivity contribution in [2.45, 2.75) is 56.1 Å². The minimum Gasteiger partial charge on any atom is -0.344 e. The summed E-state index contributed by atoms with van der Waals surface area (Å²) in [6.45, 7) is 0.463. The lowest BCUT2D eigenvalue weighted by Gasteiger charge is -2.31. The van der Waals surface area contributed by atoms with Crippen LogP contribution in [0.4, 0.5) is 9.18 Å². The van der Waals surface area contributed by atoms with E-state index < -0.39 is 24.2 Å². The van der Waals surface area contributed by atoms with E-state index in [1.54, 1.807) is 23.1 Å². The average Bonchev–Trinajstić information content (AvgIpc) is 3.23. The molecule has 1 aromatic carbocycles. The number of hydrogen-bond acceptors (Lipinski definition) is 5. The molecule has 0 bridgehead atoms. The first kappa shape index (κ1) is 23.3. The Morgan fingerprint density at radius 3 is 2.86 bits per heavy atom. The maximum absolute atomic E-state index is 15.1. The number of allylic oxidation sites excluding steroid dienone is 2. The van der Waals surface area contributed by atoms with Gasteiger partial charge in [0, 0.05) is 6.54 Å². The van der Waals surface area contributed by atoms with Crippen LogP contribution in [0.15, 0.2) is 53.2 Å². The van der Waals surface area contributed by atoms with Gasteiger partial charge in [0.25, 0.3) is 0 Å². The number of likely N-dealkylation sites (tertiary alicyclic amines) is 1. The summed E-state index contributed by atoms with van der Waals surface area (Å²) in [7, 11) is 0. The molecule has 10 nitrogen and oxygen atoms in total. The number of amides is 4. The Morgan fingerprint density at radius 2 is 2.11 bits per heavy atom. The monoisotopic (exact) mass is 503 g/mol. The number of halogens is 1. The number of hydrogen-bond donors (Lipinski definition) is 3. The van der Waals surface area contributed by atoms with Crippen LogP contribution in [0.3, 0.4) is 0 Å². The fraction of sp³-hybridized carbons (Fsp3) is 0.385. The Bertz CT molecular complexity index is 1350. The summed E-state index contributed by atoms with van der Waals surface area (Å²) in [5.74, 6) is -0.600. The lowest BCUT2D eigenvalue weighted by molar-refractivity contribution is -0.138. The fourth-order valence-corrected chi connectivity index (χ4v) is 5.37. The molecular weight excluding hydrogens is 477 g/mol. The molecule has 2 aromatic rings. The second kappa shape index (κ2) is 9.38. The Labute approximate surface area is 212 Å². The van der Waals surface area contributed by atoms with E-state index in [2.05, 4.69) is 31.0 Å². The van der Waals surface area contributed by atoms with Gasteiger partial charge < -0.3 is 15.5 Å². The molecule has 2 fully saturated rings. The number of aromatic nitrogens is 3. The van der Waals surface area contributed by atoms with Crippen LogP contribution in [0.5, 0.6) is 0 Å². The van der Waals surface area contributed by atoms with Crippen molar-refractivity contribution in [2.24, 2.45) is 4.99 Å². The number of aromatic amines is 1. The Kier molecular flexibility index (Phi) is 5.90. The summed E-state index contributed by atoms with van der Waals surface area (Å²) in [6.07, 6.45) is 10.0. The van der Waals surface area contributed by atoms with E-state index in [4.69, 9.17) is 0 Å². The molecule has 4 aliphatic rings. The summed E-state index contributed by atoms with van der Waals surface area (Å²) in [4.78, 5) is 44.2. The molecule has 1 saturated carbocycles. The van der Waals surface area contributed by atoms with Crippen molar-refractivity contribution in [3.05, 3.63) is 70.8 Å². The molecule has 190 valence electrons. The number of aliphatic imine (C=N–C) groups is 1. The highest BCUT2D eigenvalue weighted by molar-refractivity contribution is 6.13. The van der Waals surface area contributed by atoms with Crippen LogP contribution in [-0.4, -0.2) is 62.5 Å². The van der Waals surface area contributed by atoms with Crippen molar-refractivity contribution in [3.8, 4) is 0 Å². The third-order valence-corrected chi connectivity index (χ3v) is 7.35. The summed E-state index contributed by atoms with van der Waals surface area (Å²) in [5.41, 5.74) is 2.97. The molecule has 0 radical (unpaired) electrons. The van der Waals surface area contributed by atoms with Gasteiger partial charge in [-0.2, -0.15) is 20.4 Å². The first-order valence-electron chi connectivity index (χ1n) is 12.5. The SMILES string of the molecule is O=C1N=C2C=CC=C(C(NC(=O)[C@@H]3CCCN3C(=O)Cc3cn[nH]n3)c3ccc(C4CC4)c(F)c3)C2N1. The number of nitrogens with zero attached hydrogens (tertiary/aromatic N) is 4. The molecule has 4 amide bonds. The molecule has 3 N–H and O–H groups in total. The second-order valence-corrected chi connectivity index (χ2v) is 9.83. The Hall–Kier alpha value is -4.15. The highest BCUT2D eigenvalue weighted by atomic mass is 19.1. The van der Waals surface area contributed by atoms with Crippen LogP contribution < -0.4 is 10.6 Å². The summed E-state index contributed by atoms with van der Waals surface area (Å²) < 4.78 is 15.1. The van der Waals surface area contributed by atoms with E-state index in [0.29, 0.717) is 47.5 Å². The first-order valence-corrected chi connectivity index (χ1v) is 12.5. The van der Waals surface area contributed by atoms with Crippen LogP contribution in [-0.2, 0) is 16.0 Å². The van der Waals surface area contributed by atoms with Crippen molar-refractivity contribution >= 4 is 23.6 Å². The fourth-order valence-electron chi connectivity index (χ4n) is 5.37. The summed E-state index contributed by atoms with van der Waals surface area (Å²) >= 11 is 0. The molecule has 2 aliphatic carbocycles. The molecular formula is C26H26FN7O3. The van der Waals surface area contributed by atoms with E-state index >= 15 is 4.39 Å². The third-order valence-electron chi connectivity index (χ3n) is 7.35. The standard InChI is InChI=1S/C26H26FN7O3/c27-19-11-15(8-9-17(19)14-6-7-14)23(18-3-1-4-20-24(18)31-26(37)29-20)30-25(36)21-5-2-10-34(21)22(35)12-16-13-28-33-32-16/h1,3-4,8-9,11,13-14,21,23-24H,2,5-7,10,12H2,(H,30,36)(H,31,37)(H,28,32,33)/t21-,23?,24?/m0/s1. The Morgan fingerprint density at radius 1 is 1.24 bits per heavy atom. The van der Waals surface area contributed by atoms with Gasteiger partial charge in [-0.1, -0.05) is 24.3 Å². The zero-order valence-electron chi connectivity index (χ0n) is 20.0. The molecule has 11 heteroatoms. The van der Waals surface area contributed by atoms with E-state index in [9.17, 15) is 14.4 Å². The van der Waals surface area contributed by atoms with Gasteiger partial charge in [0.15, 0.2) is 0 Å². The van der Waals surface area contributed by atoms with E-state index in [-0.39, 0.29) is 30.0 Å². The van der Waals surface area contributed by atoms with Crippen molar-refractivity contribution in [3.63, 3.8) is 0 Å². The maximum Gasteiger partial charge on any atom is 0.342 e. The van der Waals surface area contributed by atoms with Gasteiger partial charge >= 0.3 is 6.03 Å². The van der Waals surface area contributed by atoms with Gasteiger partial charge in [0.1, 0.15) is 11.9 Å². The van der Waals surface area contributed by atoms with Crippen molar-refractivity contribution < 1.29 is 18.8 Å². The number of H-pyrrole nitrogens is 1. The van der Waals surface area contributed by atoms with Gasteiger partial charge in [0.2, 0.25) is 11.8 Å². The number of nitrogens with one attached hydrogen (secondary N) is 3. The van der Waals surface area contributed by atoms with E-state index in [1.165, 1.54) is 12.3 Å². The van der Waals surface area contributed by atoms with E-state index in [1.807, 2.05) is 12.1 Å². The topological polar surface area (TPSA) is 132 Å². The normalized spacial score (nSPS) is 23.3. The van der Waals surface area contributed by atoms with Crippen molar-refractivity contribution in [1.82, 2.24) is 30.9 Å². The quantitative estimate of drug-likeness (QED) is 0.533. The van der Waals surface area contributed by atoms with Gasteiger partial charge in [0.05, 0.1) is 36.1 Å². The van der Waals surface area contributed by atoms with Gasteiger partial charge in [-0.15, -0.1) is 0 Å². The number of urea groups is 1. The number of rotatable bonds is 7. The smallest absolute Gasteiger partial charge is 0.342 e.